The van der Waals surface area contributed by atoms with Crippen LogP contribution in [0.4, 0.5) is 0 Å². The molecule has 1 atom stereocenters. The largest absolute Gasteiger partial charge is 0.496 e. The molecule has 1 aromatic rings. The van der Waals surface area contributed by atoms with Crippen molar-refractivity contribution in [1.29, 1.82) is 0 Å². The van der Waals surface area contributed by atoms with Gasteiger partial charge in [-0.2, -0.15) is 0 Å². The van der Waals surface area contributed by atoms with E-state index < -0.39 is 0 Å². The van der Waals surface area contributed by atoms with Crippen molar-refractivity contribution < 1.29 is 14.3 Å². The molecule has 1 fully saturated rings. The Labute approximate surface area is 132 Å². The summed E-state index contributed by atoms with van der Waals surface area (Å²) in [5.74, 6) is 1.41. The third-order valence-electron chi connectivity index (χ3n) is 4.04. The average Bonchev–Trinajstić information content (AvgIpc) is 2.54. The molecule has 1 saturated heterocycles. The van der Waals surface area contributed by atoms with Crippen LogP contribution in [0.25, 0.3) is 0 Å². The monoisotopic (exact) mass is 306 g/mol. The van der Waals surface area contributed by atoms with Gasteiger partial charge in [-0.3, -0.25) is 9.69 Å². The second-order valence-electron chi connectivity index (χ2n) is 5.79. The molecule has 0 bridgehead atoms. The van der Waals surface area contributed by atoms with Gasteiger partial charge >= 0.3 is 0 Å². The lowest BCUT2D eigenvalue weighted by atomic mass is 9.99. The third kappa shape index (κ3) is 5.00. The van der Waals surface area contributed by atoms with E-state index in [1.54, 1.807) is 14.2 Å². The average molecular weight is 306 g/mol. The highest BCUT2D eigenvalue weighted by atomic mass is 16.5. The first-order valence-electron chi connectivity index (χ1n) is 7.82. The van der Waals surface area contributed by atoms with Gasteiger partial charge in [-0.15, -0.1) is 0 Å². The summed E-state index contributed by atoms with van der Waals surface area (Å²) < 4.78 is 10.5. The molecule has 1 aromatic carbocycles. The maximum absolute atomic E-state index is 12.1. The molecule has 1 aliphatic heterocycles. The molecular weight excluding hydrogens is 280 g/mol. The van der Waals surface area contributed by atoms with E-state index in [4.69, 9.17) is 9.47 Å². The predicted molar refractivity (Wildman–Crippen MR) is 85.9 cm³/mol. The van der Waals surface area contributed by atoms with Gasteiger partial charge in [0.2, 0.25) is 5.91 Å². The number of para-hydroxylation sites is 1. The predicted octanol–water partition coefficient (Wildman–Crippen LogP) is 1.67. The number of amides is 1. The summed E-state index contributed by atoms with van der Waals surface area (Å²) in [6.45, 7) is 3.66. The number of ether oxygens (including phenoxy) is 2. The van der Waals surface area contributed by atoms with E-state index in [1.165, 1.54) is 6.42 Å². The molecule has 1 aliphatic rings. The van der Waals surface area contributed by atoms with Crippen molar-refractivity contribution in [2.24, 2.45) is 5.92 Å². The fourth-order valence-corrected chi connectivity index (χ4v) is 2.97. The first kappa shape index (κ1) is 16.8. The zero-order valence-corrected chi connectivity index (χ0v) is 13.5. The number of nitrogens with one attached hydrogen (secondary N) is 1. The fraction of sp³-hybridized carbons (Fsp3) is 0.588. The Morgan fingerprint density at radius 1 is 1.36 bits per heavy atom. The van der Waals surface area contributed by atoms with Crippen LogP contribution in [0, 0.1) is 5.92 Å². The molecule has 5 nitrogen and oxygen atoms in total. The summed E-state index contributed by atoms with van der Waals surface area (Å²) in [5, 5.41) is 2.98. The zero-order valence-electron chi connectivity index (χ0n) is 13.5. The summed E-state index contributed by atoms with van der Waals surface area (Å²) >= 11 is 0. The Kier molecular flexibility index (Phi) is 6.68. The van der Waals surface area contributed by atoms with Gasteiger partial charge in [0.25, 0.3) is 0 Å². The normalized spacial score (nSPS) is 18.9. The molecule has 1 amide bonds. The zero-order chi connectivity index (χ0) is 15.8. The number of benzene rings is 1. The molecule has 0 saturated carbocycles. The molecule has 0 aromatic heterocycles. The van der Waals surface area contributed by atoms with Gasteiger partial charge in [-0.1, -0.05) is 18.2 Å². The third-order valence-corrected chi connectivity index (χ3v) is 4.04. The summed E-state index contributed by atoms with van der Waals surface area (Å²) in [4.78, 5) is 14.3. The number of hydrogen-bond donors (Lipinski definition) is 1. The Morgan fingerprint density at radius 2 is 2.18 bits per heavy atom. The SMILES string of the molecule is COC[C@@H]1CCCN(CC(=O)NCc2ccccc2OC)C1. The van der Waals surface area contributed by atoms with E-state index in [2.05, 4.69) is 10.2 Å². The molecule has 22 heavy (non-hydrogen) atoms. The van der Waals surface area contributed by atoms with Gasteiger partial charge in [0, 0.05) is 25.8 Å². The standard InChI is InChI=1S/C17H26N2O3/c1-21-13-14-6-5-9-19(11-14)12-17(20)18-10-15-7-3-4-8-16(15)22-2/h3-4,7-8,14H,5-6,9-13H2,1-2H3,(H,18,20)/t14-/m1/s1. The van der Waals surface area contributed by atoms with Crippen molar-refractivity contribution in [3.63, 3.8) is 0 Å². The second-order valence-corrected chi connectivity index (χ2v) is 5.79. The maximum Gasteiger partial charge on any atom is 0.234 e. The van der Waals surface area contributed by atoms with Crippen LogP contribution in [0.1, 0.15) is 18.4 Å². The summed E-state index contributed by atoms with van der Waals surface area (Å²) in [5.41, 5.74) is 0.995. The van der Waals surface area contributed by atoms with Crippen LogP contribution in [-0.4, -0.2) is 51.3 Å². The number of piperidine rings is 1. The number of carbonyl (C=O) groups excluding carboxylic acids is 1. The van der Waals surface area contributed by atoms with Gasteiger partial charge in [-0.05, 0) is 31.4 Å². The first-order valence-corrected chi connectivity index (χ1v) is 7.82. The topological polar surface area (TPSA) is 50.8 Å². The molecule has 0 aliphatic carbocycles. The molecule has 1 N–H and O–H groups in total. The highest BCUT2D eigenvalue weighted by Gasteiger charge is 2.21. The smallest absolute Gasteiger partial charge is 0.234 e. The van der Waals surface area contributed by atoms with Crippen molar-refractivity contribution in [3.8, 4) is 5.75 Å². The van der Waals surface area contributed by atoms with Crippen molar-refractivity contribution in [2.45, 2.75) is 19.4 Å². The minimum Gasteiger partial charge on any atom is -0.496 e. The molecule has 122 valence electrons. The second kappa shape index (κ2) is 8.76. The Hall–Kier alpha value is -1.59. The van der Waals surface area contributed by atoms with E-state index in [9.17, 15) is 4.79 Å². The highest BCUT2D eigenvalue weighted by molar-refractivity contribution is 5.78. The lowest BCUT2D eigenvalue weighted by molar-refractivity contribution is -0.122. The van der Waals surface area contributed by atoms with Crippen LogP contribution in [-0.2, 0) is 16.1 Å². The van der Waals surface area contributed by atoms with Gasteiger partial charge in [0.1, 0.15) is 5.75 Å². The number of rotatable bonds is 7. The van der Waals surface area contributed by atoms with Crippen molar-refractivity contribution in [1.82, 2.24) is 10.2 Å². The summed E-state index contributed by atoms with van der Waals surface area (Å²) in [6, 6.07) is 7.74. The summed E-state index contributed by atoms with van der Waals surface area (Å²) in [6.07, 6.45) is 2.32. The molecule has 5 heteroatoms. The highest BCUT2D eigenvalue weighted by Crippen LogP contribution is 2.17. The number of nitrogens with zero attached hydrogens (tertiary/aromatic N) is 1. The Balaban J connectivity index is 1.78. The Bertz CT molecular complexity index is 477. The van der Waals surface area contributed by atoms with Gasteiger partial charge in [0.15, 0.2) is 0 Å². The number of hydrogen-bond acceptors (Lipinski definition) is 4. The van der Waals surface area contributed by atoms with Crippen LogP contribution in [0.3, 0.4) is 0 Å². The van der Waals surface area contributed by atoms with E-state index in [1.807, 2.05) is 24.3 Å². The minimum absolute atomic E-state index is 0.0592. The van der Waals surface area contributed by atoms with Gasteiger partial charge in [0.05, 0.1) is 20.3 Å². The van der Waals surface area contributed by atoms with Crippen LogP contribution in [0.5, 0.6) is 5.75 Å². The van der Waals surface area contributed by atoms with Crippen LogP contribution in [0.15, 0.2) is 24.3 Å². The van der Waals surface area contributed by atoms with Crippen LogP contribution >= 0.6 is 0 Å². The molecule has 0 spiro atoms. The number of likely N-dealkylation sites (tertiary alicyclic amines) is 1. The fourth-order valence-electron chi connectivity index (χ4n) is 2.97. The van der Waals surface area contributed by atoms with E-state index in [0.29, 0.717) is 19.0 Å². The molecule has 0 radical (unpaired) electrons. The number of methoxy groups -OCH3 is 2. The number of carbonyl (C=O) groups is 1. The maximum atomic E-state index is 12.1. The summed E-state index contributed by atoms with van der Waals surface area (Å²) in [7, 11) is 3.38. The molecule has 2 rings (SSSR count). The van der Waals surface area contributed by atoms with Crippen molar-refractivity contribution >= 4 is 5.91 Å². The molecular formula is C17H26N2O3. The lowest BCUT2D eigenvalue weighted by Crippen LogP contribution is -2.43. The van der Waals surface area contributed by atoms with Gasteiger partial charge in [-0.25, -0.2) is 0 Å². The van der Waals surface area contributed by atoms with Crippen LogP contribution in [0.2, 0.25) is 0 Å². The lowest BCUT2D eigenvalue weighted by Gasteiger charge is -2.31. The van der Waals surface area contributed by atoms with Crippen molar-refractivity contribution in [2.75, 3.05) is 40.5 Å². The first-order chi connectivity index (χ1) is 10.7. The van der Waals surface area contributed by atoms with E-state index in [-0.39, 0.29) is 5.91 Å². The quantitative estimate of drug-likeness (QED) is 0.832. The van der Waals surface area contributed by atoms with Gasteiger partial charge < -0.3 is 14.8 Å². The minimum atomic E-state index is 0.0592. The van der Waals surface area contributed by atoms with Crippen molar-refractivity contribution in [3.05, 3.63) is 29.8 Å². The molecule has 1 heterocycles. The van der Waals surface area contributed by atoms with Crippen LogP contribution < -0.4 is 10.1 Å². The Morgan fingerprint density at radius 3 is 2.95 bits per heavy atom. The molecule has 0 unspecified atom stereocenters. The van der Waals surface area contributed by atoms with E-state index >= 15 is 0 Å². The van der Waals surface area contributed by atoms with E-state index in [0.717, 1.165) is 37.4 Å².